The van der Waals surface area contributed by atoms with Crippen molar-refractivity contribution in [3.63, 3.8) is 0 Å². The van der Waals surface area contributed by atoms with Gasteiger partial charge in [0.1, 0.15) is 29.9 Å². The molecule has 0 radical (unpaired) electrons. The van der Waals surface area contributed by atoms with E-state index in [-0.39, 0.29) is 43.9 Å². The second kappa shape index (κ2) is 19.6. The molecule has 1 saturated heterocycles. The molecule has 15 nitrogen and oxygen atoms in total. The number of nitrogens with two attached hydrogens (primary N) is 2. The van der Waals surface area contributed by atoms with Crippen LogP contribution in [-0.2, 0) is 36.8 Å². The van der Waals surface area contributed by atoms with E-state index in [1.54, 1.807) is 12.1 Å². The molecule has 0 unspecified atom stereocenters. The molecule has 1 aliphatic heterocycles. The van der Waals surface area contributed by atoms with E-state index >= 15 is 0 Å². The standard InChI is InChI=1S/C37H49N9O6/c1-2-40-17-5-9-28-34(50)44-29(10-6-18-41-37(38)39)35(51)46-30(21-24-11-14-25-7-3-4-8-26(25)19-24)33(49)42-22-32(48)43-31(36(52)45-28)20-23-12-15-27(47)16-13-23/h3-4,7-8,11-16,19,28-31,40,47H,2,5-6,9-10,17-18,20-22H2,1H3,(H,42,49)(H,43,48)(H,44,50)(H,45,52)(H,46,51)(H4,38,39,41)/t28-,29-,30-,31+/m0/s1. The predicted octanol–water partition coefficient (Wildman–Crippen LogP) is -0.157. The molecule has 4 atom stereocenters. The number of hydrogen-bond donors (Lipinski definition) is 9. The average Bonchev–Trinajstić information content (AvgIpc) is 3.12. The average molecular weight is 716 g/mol. The van der Waals surface area contributed by atoms with E-state index in [1.807, 2.05) is 49.4 Å². The first-order valence-corrected chi connectivity index (χ1v) is 17.5. The van der Waals surface area contributed by atoms with Crippen molar-refractivity contribution in [2.24, 2.45) is 16.5 Å². The van der Waals surface area contributed by atoms with Gasteiger partial charge in [-0.05, 0) is 72.8 Å². The highest BCUT2D eigenvalue weighted by Gasteiger charge is 2.32. The van der Waals surface area contributed by atoms with Gasteiger partial charge in [0.15, 0.2) is 5.96 Å². The van der Waals surface area contributed by atoms with Gasteiger partial charge in [-0.2, -0.15) is 0 Å². The Bertz CT molecular complexity index is 1730. The zero-order valence-electron chi connectivity index (χ0n) is 29.3. The molecule has 0 aromatic heterocycles. The van der Waals surface area contributed by atoms with E-state index in [0.717, 1.165) is 22.9 Å². The van der Waals surface area contributed by atoms with Crippen molar-refractivity contribution in [3.05, 3.63) is 77.9 Å². The summed E-state index contributed by atoms with van der Waals surface area (Å²) in [4.78, 5) is 72.5. The normalized spacial score (nSPS) is 20.4. The lowest BCUT2D eigenvalue weighted by atomic mass is 10.0. The van der Waals surface area contributed by atoms with Gasteiger partial charge in [-0.3, -0.25) is 29.0 Å². The third-order valence-corrected chi connectivity index (χ3v) is 8.65. The SMILES string of the molecule is CCNCCC[C@@H]1NC(=O)[C@@H](Cc2ccc(O)cc2)NC(=O)CNC(=O)[C@H](Cc2ccc3ccccc3c2)NC(=O)[C@H](CCCN=C(N)N)NC1=O. The number of benzene rings is 3. The molecule has 3 aromatic rings. The second-order valence-electron chi connectivity index (χ2n) is 12.7. The van der Waals surface area contributed by atoms with E-state index in [2.05, 4.69) is 36.9 Å². The van der Waals surface area contributed by atoms with Gasteiger partial charge >= 0.3 is 0 Å². The molecule has 0 aliphatic carbocycles. The summed E-state index contributed by atoms with van der Waals surface area (Å²) in [5.41, 5.74) is 12.4. The monoisotopic (exact) mass is 715 g/mol. The largest absolute Gasteiger partial charge is 0.508 e. The van der Waals surface area contributed by atoms with Crippen LogP contribution in [0, 0.1) is 0 Å². The first kappa shape index (κ1) is 39.1. The van der Waals surface area contributed by atoms with Gasteiger partial charge in [0, 0.05) is 19.4 Å². The molecular formula is C37H49N9O6. The van der Waals surface area contributed by atoms with Crippen molar-refractivity contribution in [2.75, 3.05) is 26.2 Å². The lowest BCUT2D eigenvalue weighted by Gasteiger charge is -2.26. The highest BCUT2D eigenvalue weighted by atomic mass is 16.3. The molecule has 0 saturated carbocycles. The fraction of sp³-hybridized carbons (Fsp3) is 0.405. The van der Waals surface area contributed by atoms with Gasteiger partial charge in [-0.1, -0.05) is 61.5 Å². The van der Waals surface area contributed by atoms with E-state index in [1.165, 1.54) is 12.1 Å². The van der Waals surface area contributed by atoms with Crippen LogP contribution >= 0.6 is 0 Å². The molecule has 5 amide bonds. The zero-order chi connectivity index (χ0) is 37.5. The smallest absolute Gasteiger partial charge is 0.243 e. The Kier molecular flexibility index (Phi) is 14.8. The summed E-state index contributed by atoms with van der Waals surface area (Å²) in [5, 5.41) is 28.6. The number of guanidine groups is 1. The predicted molar refractivity (Wildman–Crippen MR) is 198 cm³/mol. The van der Waals surface area contributed by atoms with Crippen LogP contribution in [0.15, 0.2) is 71.7 Å². The van der Waals surface area contributed by atoms with Crippen molar-refractivity contribution in [3.8, 4) is 5.75 Å². The van der Waals surface area contributed by atoms with Crippen molar-refractivity contribution in [2.45, 2.75) is 69.6 Å². The summed E-state index contributed by atoms with van der Waals surface area (Å²) in [5.74, 6) is -3.21. The van der Waals surface area contributed by atoms with Gasteiger partial charge < -0.3 is 48.5 Å². The quantitative estimate of drug-likeness (QED) is 0.0648. The van der Waals surface area contributed by atoms with Crippen molar-refractivity contribution in [1.82, 2.24) is 31.9 Å². The van der Waals surface area contributed by atoms with Crippen LogP contribution in [0.4, 0.5) is 0 Å². The molecular weight excluding hydrogens is 666 g/mol. The number of aliphatic imine (C=N–C) groups is 1. The number of amides is 5. The van der Waals surface area contributed by atoms with Gasteiger partial charge in [0.05, 0.1) is 6.54 Å². The Morgan fingerprint density at radius 3 is 1.98 bits per heavy atom. The van der Waals surface area contributed by atoms with Crippen LogP contribution in [0.5, 0.6) is 5.75 Å². The molecule has 1 heterocycles. The summed E-state index contributed by atoms with van der Waals surface area (Å²) >= 11 is 0. The summed E-state index contributed by atoms with van der Waals surface area (Å²) in [7, 11) is 0. The minimum absolute atomic E-state index is 0.0358. The number of hydrogen-bond acceptors (Lipinski definition) is 8. The lowest BCUT2D eigenvalue weighted by molar-refractivity contribution is -0.134. The molecule has 0 bridgehead atoms. The van der Waals surface area contributed by atoms with Crippen LogP contribution in [0.3, 0.4) is 0 Å². The Balaban J connectivity index is 1.67. The Hall–Kier alpha value is -5.70. The van der Waals surface area contributed by atoms with Crippen LogP contribution in [0.25, 0.3) is 10.8 Å². The summed E-state index contributed by atoms with van der Waals surface area (Å²) in [6, 6.07) is 15.2. The summed E-state index contributed by atoms with van der Waals surface area (Å²) in [6.07, 6.45) is 1.33. The minimum Gasteiger partial charge on any atom is -0.508 e. The molecule has 3 aromatic carbocycles. The van der Waals surface area contributed by atoms with Crippen LogP contribution in [0.1, 0.15) is 43.7 Å². The number of rotatable bonds is 13. The highest BCUT2D eigenvalue weighted by Crippen LogP contribution is 2.17. The summed E-state index contributed by atoms with van der Waals surface area (Å²) < 4.78 is 0. The third kappa shape index (κ3) is 12.3. The maximum Gasteiger partial charge on any atom is 0.243 e. The number of aromatic hydroxyl groups is 1. The van der Waals surface area contributed by atoms with Gasteiger partial charge in [-0.25, -0.2) is 0 Å². The molecule has 11 N–H and O–H groups in total. The number of phenolic OH excluding ortho intramolecular Hbond substituents is 1. The van der Waals surface area contributed by atoms with Crippen LogP contribution in [-0.4, -0.2) is 90.9 Å². The number of carbonyl (C=O) groups excluding carboxylic acids is 5. The first-order valence-electron chi connectivity index (χ1n) is 17.5. The summed E-state index contributed by atoms with van der Waals surface area (Å²) in [6.45, 7) is 2.96. The first-order chi connectivity index (χ1) is 25.0. The fourth-order valence-corrected chi connectivity index (χ4v) is 5.89. The van der Waals surface area contributed by atoms with Crippen molar-refractivity contribution >= 4 is 46.3 Å². The lowest BCUT2D eigenvalue weighted by Crippen LogP contribution is -2.58. The minimum atomic E-state index is -1.13. The Labute approximate surface area is 302 Å². The third-order valence-electron chi connectivity index (χ3n) is 8.65. The topological polar surface area (TPSA) is 242 Å². The second-order valence-corrected chi connectivity index (χ2v) is 12.7. The fourth-order valence-electron chi connectivity index (χ4n) is 5.89. The number of nitrogens with zero attached hydrogens (tertiary/aromatic N) is 1. The molecule has 4 rings (SSSR count). The van der Waals surface area contributed by atoms with Crippen molar-refractivity contribution < 1.29 is 29.1 Å². The van der Waals surface area contributed by atoms with Gasteiger partial charge in [0.2, 0.25) is 29.5 Å². The van der Waals surface area contributed by atoms with Crippen LogP contribution < -0.4 is 43.4 Å². The molecule has 15 heteroatoms. The number of fused-ring (bicyclic) bond motifs is 1. The van der Waals surface area contributed by atoms with Crippen LogP contribution in [0.2, 0.25) is 0 Å². The highest BCUT2D eigenvalue weighted by molar-refractivity contribution is 5.97. The van der Waals surface area contributed by atoms with Crippen molar-refractivity contribution in [1.29, 1.82) is 0 Å². The maximum absolute atomic E-state index is 13.9. The maximum atomic E-state index is 13.9. The molecule has 1 fully saturated rings. The Morgan fingerprint density at radius 2 is 1.31 bits per heavy atom. The van der Waals surface area contributed by atoms with E-state index in [0.29, 0.717) is 24.9 Å². The van der Waals surface area contributed by atoms with E-state index in [4.69, 9.17) is 11.5 Å². The molecule has 52 heavy (non-hydrogen) atoms. The van der Waals surface area contributed by atoms with E-state index in [9.17, 15) is 29.1 Å². The number of nitrogens with one attached hydrogen (secondary N) is 6. The van der Waals surface area contributed by atoms with E-state index < -0.39 is 60.2 Å². The molecule has 278 valence electrons. The Morgan fingerprint density at radius 1 is 0.731 bits per heavy atom. The molecule has 1 aliphatic rings. The number of carbonyl (C=O) groups is 5. The molecule has 0 spiro atoms. The zero-order valence-corrected chi connectivity index (χ0v) is 29.3. The number of phenols is 1. The van der Waals surface area contributed by atoms with Gasteiger partial charge in [-0.15, -0.1) is 0 Å². The van der Waals surface area contributed by atoms with Gasteiger partial charge in [0.25, 0.3) is 0 Å².